The van der Waals surface area contributed by atoms with E-state index in [0.717, 1.165) is 0 Å². The maximum atomic E-state index is 13.3. The molecule has 0 aromatic carbocycles. The first-order valence-corrected chi connectivity index (χ1v) is 5.45. The van der Waals surface area contributed by atoms with Crippen LogP contribution in [0.3, 0.4) is 0 Å². The summed E-state index contributed by atoms with van der Waals surface area (Å²) >= 11 is 0. The maximum absolute atomic E-state index is 13.3. The molecule has 1 aromatic heterocycles. The topological polar surface area (TPSA) is 71.1 Å². The number of rotatable bonds is 3. The highest BCUT2D eigenvalue weighted by atomic mass is 19.3. The molecule has 1 aromatic rings. The zero-order chi connectivity index (χ0) is 12.6. The maximum Gasteiger partial charge on any atom is 0.253 e. The van der Waals surface area contributed by atoms with Gasteiger partial charge >= 0.3 is 0 Å². The molecule has 4 nitrogen and oxygen atoms in total. The highest BCUT2D eigenvalue weighted by Gasteiger charge is 2.36. The molecule has 0 atom stereocenters. The van der Waals surface area contributed by atoms with E-state index in [4.69, 9.17) is 5.73 Å². The quantitative estimate of drug-likeness (QED) is 0.808. The van der Waals surface area contributed by atoms with Gasteiger partial charge in [0.05, 0.1) is 18.1 Å². The molecule has 1 aliphatic rings. The summed E-state index contributed by atoms with van der Waals surface area (Å²) in [7, 11) is 0. The van der Waals surface area contributed by atoms with Crippen LogP contribution in [0.5, 0.6) is 0 Å². The molecule has 0 amide bonds. The smallest absolute Gasteiger partial charge is 0.253 e. The second-order valence-electron chi connectivity index (χ2n) is 4.26. The van der Waals surface area contributed by atoms with Gasteiger partial charge in [-0.3, -0.25) is 0 Å². The van der Waals surface area contributed by atoms with Gasteiger partial charge in [-0.1, -0.05) is 0 Å². The van der Waals surface area contributed by atoms with Crippen LogP contribution in [0.2, 0.25) is 0 Å². The van der Waals surface area contributed by atoms with E-state index < -0.39 is 18.3 Å². The third kappa shape index (κ3) is 2.17. The van der Waals surface area contributed by atoms with Crippen molar-refractivity contribution in [3.63, 3.8) is 0 Å². The van der Waals surface area contributed by atoms with E-state index in [0.29, 0.717) is 11.3 Å². The zero-order valence-electron chi connectivity index (χ0n) is 9.21. The molecule has 2 N–H and O–H groups in total. The van der Waals surface area contributed by atoms with Gasteiger partial charge in [-0.15, -0.1) is 0 Å². The number of carboxylic acid groups (broad SMARTS) is 1. The number of alkyl halides is 2. The molecule has 0 saturated heterocycles. The number of carboxylic acids is 1. The van der Waals surface area contributed by atoms with E-state index in [2.05, 4.69) is 0 Å². The number of hydrogen-bond acceptors (Lipinski definition) is 3. The molecule has 0 saturated carbocycles. The third-order valence-corrected chi connectivity index (χ3v) is 3.05. The molecule has 17 heavy (non-hydrogen) atoms. The zero-order valence-corrected chi connectivity index (χ0v) is 9.21. The molecule has 0 fully saturated rings. The Hall–Kier alpha value is -1.43. The number of nitrogens with zero attached hydrogens (tertiary/aromatic N) is 1. The van der Waals surface area contributed by atoms with Gasteiger partial charge in [-0.2, -0.15) is 0 Å². The van der Waals surface area contributed by atoms with Gasteiger partial charge in [0.25, 0.3) is 5.92 Å². The van der Waals surface area contributed by atoms with Crippen LogP contribution in [-0.4, -0.2) is 23.0 Å². The van der Waals surface area contributed by atoms with Crippen LogP contribution < -0.4 is 10.8 Å². The van der Waals surface area contributed by atoms with Crippen molar-refractivity contribution in [3.8, 4) is 0 Å². The standard InChI is InChI=1S/C11H14F2N2O2/c12-11(13)2-1-7-5-8(10(16)17)15(4-3-14)9(7)6-11/h5H,1-4,6,14H2,(H,16,17)/p-1. The SMILES string of the molecule is NCCn1c(C(=O)[O-])cc2c1CC(F)(F)CC2. The van der Waals surface area contributed by atoms with Gasteiger partial charge in [0.1, 0.15) is 0 Å². The van der Waals surface area contributed by atoms with Crippen molar-refractivity contribution in [2.24, 2.45) is 5.73 Å². The number of carbonyl (C=O) groups is 1. The lowest BCUT2D eigenvalue weighted by Gasteiger charge is -2.24. The van der Waals surface area contributed by atoms with Crippen molar-refractivity contribution in [2.45, 2.75) is 31.7 Å². The number of hydrogen-bond donors (Lipinski definition) is 1. The number of aryl methyl sites for hydroxylation is 1. The van der Waals surface area contributed by atoms with Crippen LogP contribution in [0.25, 0.3) is 0 Å². The van der Waals surface area contributed by atoms with Crippen molar-refractivity contribution in [2.75, 3.05) is 6.54 Å². The van der Waals surface area contributed by atoms with Gasteiger partial charge in [-0.25, -0.2) is 8.78 Å². The molecule has 0 radical (unpaired) electrons. The summed E-state index contributed by atoms with van der Waals surface area (Å²) in [4.78, 5) is 10.9. The monoisotopic (exact) mass is 243 g/mol. The van der Waals surface area contributed by atoms with Crippen LogP contribution in [0.1, 0.15) is 28.2 Å². The molecular formula is C11H13F2N2O2-. The largest absolute Gasteiger partial charge is 0.543 e. The number of nitrogens with two attached hydrogens (primary N) is 1. The van der Waals surface area contributed by atoms with E-state index in [1.54, 1.807) is 0 Å². The number of aromatic nitrogens is 1. The average Bonchev–Trinajstić information content (AvgIpc) is 2.56. The summed E-state index contributed by atoms with van der Waals surface area (Å²) in [5, 5.41) is 10.9. The van der Waals surface area contributed by atoms with E-state index >= 15 is 0 Å². The molecule has 6 heteroatoms. The summed E-state index contributed by atoms with van der Waals surface area (Å²) < 4.78 is 28.0. The third-order valence-electron chi connectivity index (χ3n) is 3.05. The van der Waals surface area contributed by atoms with E-state index in [-0.39, 0.29) is 31.6 Å². The van der Waals surface area contributed by atoms with Gasteiger partial charge < -0.3 is 20.2 Å². The molecule has 1 aliphatic carbocycles. The van der Waals surface area contributed by atoms with Crippen LogP contribution in [0, 0.1) is 0 Å². The molecular weight excluding hydrogens is 230 g/mol. The fourth-order valence-corrected chi connectivity index (χ4v) is 2.27. The van der Waals surface area contributed by atoms with Crippen LogP contribution in [-0.2, 0) is 19.4 Å². The second kappa shape index (κ2) is 4.10. The fourth-order valence-electron chi connectivity index (χ4n) is 2.27. The lowest BCUT2D eigenvalue weighted by molar-refractivity contribution is -0.255. The summed E-state index contributed by atoms with van der Waals surface area (Å²) in [5.74, 6) is -4.11. The first-order valence-electron chi connectivity index (χ1n) is 5.45. The number of carbonyl (C=O) groups excluding carboxylic acids is 1. The number of fused-ring (bicyclic) bond motifs is 1. The van der Waals surface area contributed by atoms with Crippen molar-refractivity contribution >= 4 is 5.97 Å². The summed E-state index contributed by atoms with van der Waals surface area (Å²) in [6.45, 7) is 0.418. The van der Waals surface area contributed by atoms with E-state index in [9.17, 15) is 18.7 Å². The Morgan fingerprint density at radius 3 is 2.88 bits per heavy atom. The Morgan fingerprint density at radius 2 is 2.29 bits per heavy atom. The second-order valence-corrected chi connectivity index (χ2v) is 4.26. The summed E-state index contributed by atoms with van der Waals surface area (Å²) in [6, 6.07) is 1.43. The number of halogens is 2. The Labute approximate surface area is 97.0 Å². The van der Waals surface area contributed by atoms with Gasteiger partial charge in [0, 0.05) is 25.2 Å². The van der Waals surface area contributed by atoms with Crippen molar-refractivity contribution in [3.05, 3.63) is 23.0 Å². The van der Waals surface area contributed by atoms with E-state index in [1.807, 2.05) is 0 Å². The lowest BCUT2D eigenvalue weighted by Crippen LogP contribution is -2.30. The lowest BCUT2D eigenvalue weighted by atomic mass is 9.94. The normalized spacial score (nSPS) is 17.8. The Bertz CT molecular complexity index is 455. The van der Waals surface area contributed by atoms with Gasteiger partial charge in [-0.05, 0) is 18.1 Å². The molecule has 0 unspecified atom stereocenters. The van der Waals surface area contributed by atoms with Crippen LogP contribution in [0.15, 0.2) is 6.07 Å². The van der Waals surface area contributed by atoms with E-state index in [1.165, 1.54) is 10.6 Å². The number of aromatic carboxylic acids is 1. The summed E-state index contributed by atoms with van der Waals surface area (Å²) in [6.07, 6.45) is -0.463. The summed E-state index contributed by atoms with van der Waals surface area (Å²) in [5.41, 5.74) is 6.36. The van der Waals surface area contributed by atoms with Crippen LogP contribution >= 0.6 is 0 Å². The Kier molecular flexibility index (Phi) is 2.91. The predicted octanol–water partition coefficient (Wildman–Crippen LogP) is -0.0657. The first-order chi connectivity index (χ1) is 7.94. The predicted molar refractivity (Wildman–Crippen MR) is 54.8 cm³/mol. The van der Waals surface area contributed by atoms with Crippen molar-refractivity contribution < 1.29 is 18.7 Å². The molecule has 2 rings (SSSR count). The molecule has 0 bridgehead atoms. The molecule has 0 spiro atoms. The van der Waals surface area contributed by atoms with Crippen molar-refractivity contribution in [1.29, 1.82) is 0 Å². The Balaban J connectivity index is 2.47. The minimum Gasteiger partial charge on any atom is -0.543 e. The molecule has 0 aliphatic heterocycles. The van der Waals surface area contributed by atoms with Gasteiger partial charge in [0.2, 0.25) is 0 Å². The fraction of sp³-hybridized carbons (Fsp3) is 0.545. The average molecular weight is 243 g/mol. The van der Waals surface area contributed by atoms with Crippen LogP contribution in [0.4, 0.5) is 8.78 Å². The minimum absolute atomic E-state index is 0.0573. The highest BCUT2D eigenvalue weighted by Crippen LogP contribution is 2.34. The minimum atomic E-state index is -2.76. The Morgan fingerprint density at radius 1 is 1.59 bits per heavy atom. The molecule has 94 valence electrons. The van der Waals surface area contributed by atoms with Gasteiger partial charge in [0.15, 0.2) is 0 Å². The highest BCUT2D eigenvalue weighted by molar-refractivity contribution is 5.84. The first kappa shape index (κ1) is 12.0. The van der Waals surface area contributed by atoms with Crippen molar-refractivity contribution in [1.82, 2.24) is 4.57 Å². The molecule has 1 heterocycles.